The molecular formula is C13H25NO. The first kappa shape index (κ1) is 11.4. The van der Waals surface area contributed by atoms with Gasteiger partial charge in [-0.15, -0.1) is 0 Å². The van der Waals surface area contributed by atoms with Crippen molar-refractivity contribution in [3.05, 3.63) is 0 Å². The number of rotatable bonds is 7. The Balaban J connectivity index is 1.63. The fraction of sp³-hybridized carbons (Fsp3) is 1.00. The van der Waals surface area contributed by atoms with E-state index in [1.165, 1.54) is 38.5 Å². The summed E-state index contributed by atoms with van der Waals surface area (Å²) < 4.78 is 5.66. The smallest absolute Gasteiger partial charge is 0.0471 e. The van der Waals surface area contributed by atoms with Gasteiger partial charge in [-0.3, -0.25) is 0 Å². The molecule has 0 spiro atoms. The van der Waals surface area contributed by atoms with Gasteiger partial charge >= 0.3 is 0 Å². The Labute approximate surface area is 93.6 Å². The van der Waals surface area contributed by atoms with E-state index in [1.54, 1.807) is 0 Å². The van der Waals surface area contributed by atoms with Gasteiger partial charge in [-0.05, 0) is 55.9 Å². The van der Waals surface area contributed by atoms with Crippen LogP contribution in [0.15, 0.2) is 0 Å². The van der Waals surface area contributed by atoms with E-state index in [-0.39, 0.29) is 0 Å². The predicted octanol–water partition coefficient (Wildman–Crippen LogP) is 2.57. The number of nitrogens with two attached hydrogens (primary N) is 1. The summed E-state index contributed by atoms with van der Waals surface area (Å²) in [4.78, 5) is 0. The Bertz CT molecular complexity index is 195. The minimum Gasteiger partial charge on any atom is -0.381 e. The topological polar surface area (TPSA) is 35.2 Å². The molecule has 0 aromatic heterocycles. The van der Waals surface area contributed by atoms with E-state index in [2.05, 4.69) is 6.92 Å². The van der Waals surface area contributed by atoms with Crippen LogP contribution >= 0.6 is 0 Å². The van der Waals surface area contributed by atoms with E-state index in [4.69, 9.17) is 10.5 Å². The van der Waals surface area contributed by atoms with Crippen LogP contribution in [0.4, 0.5) is 0 Å². The Morgan fingerprint density at radius 1 is 1.27 bits per heavy atom. The maximum absolute atomic E-state index is 5.94. The summed E-state index contributed by atoms with van der Waals surface area (Å²) in [6, 6.07) is 0. The van der Waals surface area contributed by atoms with Crippen molar-refractivity contribution < 1.29 is 4.74 Å². The maximum Gasteiger partial charge on any atom is 0.0471 e. The lowest BCUT2D eigenvalue weighted by Gasteiger charge is -2.29. The van der Waals surface area contributed by atoms with E-state index in [0.717, 1.165) is 31.6 Å². The third-order valence-electron chi connectivity index (χ3n) is 4.31. The molecule has 2 rings (SSSR count). The zero-order valence-electron chi connectivity index (χ0n) is 10.0. The third-order valence-corrected chi connectivity index (χ3v) is 4.31. The Morgan fingerprint density at radius 3 is 2.60 bits per heavy atom. The van der Waals surface area contributed by atoms with Gasteiger partial charge in [0, 0.05) is 13.2 Å². The highest BCUT2D eigenvalue weighted by Gasteiger charge is 2.52. The van der Waals surface area contributed by atoms with E-state index in [1.807, 2.05) is 0 Å². The van der Waals surface area contributed by atoms with Gasteiger partial charge in [-0.25, -0.2) is 0 Å². The molecular weight excluding hydrogens is 186 g/mol. The number of fused-ring (bicyclic) bond motifs is 1. The lowest BCUT2D eigenvalue weighted by molar-refractivity contribution is 0.0906. The summed E-state index contributed by atoms with van der Waals surface area (Å²) in [6.45, 7) is 4.94. The van der Waals surface area contributed by atoms with E-state index >= 15 is 0 Å². The van der Waals surface area contributed by atoms with E-state index < -0.39 is 0 Å². The molecule has 15 heavy (non-hydrogen) atoms. The Kier molecular flexibility index (Phi) is 3.68. The zero-order chi connectivity index (χ0) is 10.7. The second kappa shape index (κ2) is 4.84. The standard InChI is InChI=1S/C13H25NO/c1-2-3-5-15-6-4-13(10-14)8-11-7-12(11)9-13/h11-12H,2-10,14H2,1H3. The predicted molar refractivity (Wildman–Crippen MR) is 62.7 cm³/mol. The average molecular weight is 211 g/mol. The monoisotopic (exact) mass is 211 g/mol. The van der Waals surface area contributed by atoms with Gasteiger partial charge in [0.25, 0.3) is 0 Å². The molecule has 2 unspecified atom stereocenters. The van der Waals surface area contributed by atoms with Crippen molar-refractivity contribution in [3.8, 4) is 0 Å². The first-order valence-corrected chi connectivity index (χ1v) is 6.57. The van der Waals surface area contributed by atoms with Crippen LogP contribution in [0.1, 0.15) is 45.4 Å². The molecule has 0 aromatic rings. The molecule has 2 atom stereocenters. The van der Waals surface area contributed by atoms with Gasteiger partial charge in [0.15, 0.2) is 0 Å². The average Bonchev–Trinajstić information content (AvgIpc) is 2.87. The molecule has 0 aromatic carbocycles. The molecule has 0 aliphatic heterocycles. The van der Waals surface area contributed by atoms with Crippen molar-refractivity contribution in [3.63, 3.8) is 0 Å². The third kappa shape index (κ3) is 2.73. The van der Waals surface area contributed by atoms with Crippen molar-refractivity contribution in [1.29, 1.82) is 0 Å². The van der Waals surface area contributed by atoms with Crippen LogP contribution in [0.25, 0.3) is 0 Å². The molecule has 88 valence electrons. The fourth-order valence-corrected chi connectivity index (χ4v) is 3.12. The second-order valence-electron chi connectivity index (χ2n) is 5.58. The van der Waals surface area contributed by atoms with Gasteiger partial charge in [-0.1, -0.05) is 13.3 Å². The highest BCUT2D eigenvalue weighted by atomic mass is 16.5. The molecule has 0 bridgehead atoms. The first-order chi connectivity index (χ1) is 7.29. The molecule has 2 N–H and O–H groups in total. The number of ether oxygens (including phenoxy) is 1. The molecule has 0 radical (unpaired) electrons. The van der Waals surface area contributed by atoms with Crippen LogP contribution in [-0.2, 0) is 4.74 Å². The second-order valence-corrected chi connectivity index (χ2v) is 5.58. The Morgan fingerprint density at radius 2 is 2.00 bits per heavy atom. The quantitative estimate of drug-likeness (QED) is 0.657. The molecule has 2 aliphatic rings. The summed E-state index contributed by atoms with van der Waals surface area (Å²) in [6.07, 6.45) is 7.86. The van der Waals surface area contributed by atoms with Crippen molar-refractivity contribution in [1.82, 2.24) is 0 Å². The van der Waals surface area contributed by atoms with Crippen LogP contribution in [0.5, 0.6) is 0 Å². The largest absolute Gasteiger partial charge is 0.381 e. The lowest BCUT2D eigenvalue weighted by atomic mass is 9.80. The first-order valence-electron chi connectivity index (χ1n) is 6.57. The van der Waals surface area contributed by atoms with Gasteiger partial charge in [0.2, 0.25) is 0 Å². The van der Waals surface area contributed by atoms with Gasteiger partial charge in [0.1, 0.15) is 0 Å². The minimum absolute atomic E-state index is 0.458. The highest BCUT2D eigenvalue weighted by molar-refractivity contribution is 5.03. The van der Waals surface area contributed by atoms with E-state index in [0.29, 0.717) is 5.41 Å². The van der Waals surface area contributed by atoms with Gasteiger partial charge in [-0.2, -0.15) is 0 Å². The molecule has 2 saturated carbocycles. The van der Waals surface area contributed by atoms with Crippen LogP contribution in [0.2, 0.25) is 0 Å². The molecule has 0 amide bonds. The van der Waals surface area contributed by atoms with Crippen molar-refractivity contribution in [2.75, 3.05) is 19.8 Å². The summed E-state index contributed by atoms with van der Waals surface area (Å²) in [5.74, 6) is 2.06. The maximum atomic E-state index is 5.94. The summed E-state index contributed by atoms with van der Waals surface area (Å²) >= 11 is 0. The van der Waals surface area contributed by atoms with Crippen LogP contribution in [0.3, 0.4) is 0 Å². The number of unbranched alkanes of at least 4 members (excludes halogenated alkanes) is 1. The molecule has 0 saturated heterocycles. The minimum atomic E-state index is 0.458. The molecule has 2 aliphatic carbocycles. The van der Waals surface area contributed by atoms with Crippen molar-refractivity contribution in [2.45, 2.75) is 45.4 Å². The van der Waals surface area contributed by atoms with Crippen LogP contribution < -0.4 is 5.73 Å². The summed E-state index contributed by atoms with van der Waals surface area (Å²) in [7, 11) is 0. The molecule has 0 heterocycles. The van der Waals surface area contributed by atoms with Gasteiger partial charge < -0.3 is 10.5 Å². The fourth-order valence-electron chi connectivity index (χ4n) is 3.12. The number of hydrogen-bond donors (Lipinski definition) is 1. The normalized spacial score (nSPS) is 38.0. The molecule has 2 nitrogen and oxygen atoms in total. The highest BCUT2D eigenvalue weighted by Crippen LogP contribution is 2.60. The van der Waals surface area contributed by atoms with E-state index in [9.17, 15) is 0 Å². The van der Waals surface area contributed by atoms with Crippen LogP contribution in [-0.4, -0.2) is 19.8 Å². The van der Waals surface area contributed by atoms with Crippen LogP contribution in [0, 0.1) is 17.3 Å². The van der Waals surface area contributed by atoms with Gasteiger partial charge in [0.05, 0.1) is 0 Å². The summed E-state index contributed by atoms with van der Waals surface area (Å²) in [5, 5.41) is 0. The van der Waals surface area contributed by atoms with Crippen molar-refractivity contribution in [2.24, 2.45) is 23.0 Å². The van der Waals surface area contributed by atoms with Crippen molar-refractivity contribution >= 4 is 0 Å². The zero-order valence-corrected chi connectivity index (χ0v) is 10.0. The number of hydrogen-bond acceptors (Lipinski definition) is 2. The SMILES string of the molecule is CCCCOCCC1(CN)CC2CC2C1. The lowest BCUT2D eigenvalue weighted by Crippen LogP contribution is -2.30. The molecule has 2 heteroatoms. The summed E-state index contributed by atoms with van der Waals surface area (Å²) in [5.41, 5.74) is 6.40. The Hall–Kier alpha value is -0.0800. The molecule has 2 fully saturated rings.